The van der Waals surface area contributed by atoms with Crippen LogP contribution in [0.3, 0.4) is 0 Å². The predicted octanol–water partition coefficient (Wildman–Crippen LogP) is 4.51. The predicted molar refractivity (Wildman–Crippen MR) is 149 cm³/mol. The number of nitriles is 1. The van der Waals surface area contributed by atoms with Crippen LogP contribution in [0, 0.1) is 34.5 Å². The van der Waals surface area contributed by atoms with Crippen molar-refractivity contribution in [1.29, 1.82) is 5.26 Å². The number of aromatic nitrogens is 1. The molecule has 5 rings (SSSR count). The molecule has 212 valence electrons. The summed E-state index contributed by atoms with van der Waals surface area (Å²) in [4.78, 5) is 48.9. The SMILES string of the molecule is CN(C(=O)Oc1cccnc1C#N)[C@@H]1CN(C(=O)C2CCN(C(=O)C3(C)CC3)CC2)C[C@H]1C1C=C(Cl)C(Cl)=CC1. The summed E-state index contributed by atoms with van der Waals surface area (Å²) in [5, 5.41) is 10.3. The van der Waals surface area contributed by atoms with E-state index >= 15 is 0 Å². The number of piperidine rings is 1. The van der Waals surface area contributed by atoms with Gasteiger partial charge in [-0.05, 0) is 50.2 Å². The van der Waals surface area contributed by atoms with Gasteiger partial charge in [-0.15, -0.1) is 0 Å². The molecule has 1 aromatic heterocycles. The van der Waals surface area contributed by atoms with Crippen LogP contribution < -0.4 is 4.74 Å². The van der Waals surface area contributed by atoms with Crippen molar-refractivity contribution in [2.24, 2.45) is 23.2 Å². The summed E-state index contributed by atoms with van der Waals surface area (Å²) in [5.74, 6) is 0.0530. The third kappa shape index (κ3) is 5.70. The van der Waals surface area contributed by atoms with Gasteiger partial charge in [-0.25, -0.2) is 9.78 Å². The van der Waals surface area contributed by atoms with Gasteiger partial charge >= 0.3 is 6.09 Å². The fourth-order valence-corrected chi connectivity index (χ4v) is 6.41. The highest BCUT2D eigenvalue weighted by atomic mass is 35.5. The Balaban J connectivity index is 1.29. The van der Waals surface area contributed by atoms with Gasteiger partial charge in [-0.3, -0.25) is 9.59 Å². The summed E-state index contributed by atoms with van der Waals surface area (Å²) in [6.07, 6.45) is 8.40. The first-order valence-corrected chi connectivity index (χ1v) is 14.5. The molecule has 0 bridgehead atoms. The van der Waals surface area contributed by atoms with Crippen LogP contribution >= 0.6 is 23.2 Å². The molecule has 2 aliphatic heterocycles. The number of likely N-dealkylation sites (tertiary alicyclic amines) is 2. The lowest BCUT2D eigenvalue weighted by molar-refractivity contribution is -0.142. The van der Waals surface area contributed by atoms with Gasteiger partial charge < -0.3 is 19.4 Å². The molecular formula is C29H33Cl2N5O4. The number of ether oxygens (including phenoxy) is 1. The fraction of sp³-hybridized carbons (Fsp3) is 0.552. The maximum absolute atomic E-state index is 13.7. The number of amides is 3. The average Bonchev–Trinajstić information content (AvgIpc) is 3.57. The van der Waals surface area contributed by atoms with E-state index < -0.39 is 6.09 Å². The molecular weight excluding hydrogens is 553 g/mol. The van der Waals surface area contributed by atoms with Crippen molar-refractivity contribution in [1.82, 2.24) is 19.7 Å². The Morgan fingerprint density at radius 2 is 1.88 bits per heavy atom. The first-order chi connectivity index (χ1) is 19.1. The second kappa shape index (κ2) is 11.4. The number of carbonyl (C=O) groups excluding carboxylic acids is 3. The van der Waals surface area contributed by atoms with Gasteiger partial charge in [-0.2, -0.15) is 5.26 Å². The Labute approximate surface area is 244 Å². The molecule has 0 radical (unpaired) electrons. The Kier molecular flexibility index (Phi) is 8.12. The van der Waals surface area contributed by atoms with Crippen LogP contribution in [-0.4, -0.2) is 76.9 Å². The maximum atomic E-state index is 13.7. The molecule has 40 heavy (non-hydrogen) atoms. The smallest absolute Gasteiger partial charge is 0.407 e. The van der Waals surface area contributed by atoms with Gasteiger partial charge in [0.25, 0.3) is 0 Å². The molecule has 0 aromatic carbocycles. The van der Waals surface area contributed by atoms with Crippen LogP contribution in [0.4, 0.5) is 4.79 Å². The molecule has 4 aliphatic rings. The van der Waals surface area contributed by atoms with E-state index in [-0.39, 0.29) is 52.5 Å². The number of nitrogens with zero attached hydrogens (tertiary/aromatic N) is 5. The summed E-state index contributed by atoms with van der Waals surface area (Å²) in [5.41, 5.74) is -0.187. The molecule has 3 fully saturated rings. The molecule has 3 amide bonds. The second-order valence-electron chi connectivity index (χ2n) is 11.5. The highest BCUT2D eigenvalue weighted by Crippen LogP contribution is 2.47. The number of likely N-dealkylation sites (N-methyl/N-ethyl adjacent to an activating group) is 1. The van der Waals surface area contributed by atoms with Crippen molar-refractivity contribution < 1.29 is 19.1 Å². The normalized spacial score (nSPS) is 25.9. The van der Waals surface area contributed by atoms with Crippen LogP contribution in [0.1, 0.15) is 44.7 Å². The minimum atomic E-state index is -0.631. The number of halogens is 2. The average molecular weight is 587 g/mol. The summed E-state index contributed by atoms with van der Waals surface area (Å²) in [6, 6.07) is 4.71. The zero-order valence-corrected chi connectivity index (χ0v) is 24.2. The Hall–Kier alpha value is -3.09. The second-order valence-corrected chi connectivity index (χ2v) is 12.3. The van der Waals surface area contributed by atoms with E-state index in [1.807, 2.05) is 34.9 Å². The Morgan fingerprint density at radius 1 is 1.15 bits per heavy atom. The molecule has 3 atom stereocenters. The molecule has 0 spiro atoms. The summed E-state index contributed by atoms with van der Waals surface area (Å²) >= 11 is 12.6. The van der Waals surface area contributed by atoms with Gasteiger partial charge in [0.05, 0.1) is 16.1 Å². The first kappa shape index (κ1) is 28.4. The van der Waals surface area contributed by atoms with E-state index in [1.54, 1.807) is 13.1 Å². The first-order valence-electron chi connectivity index (χ1n) is 13.7. The van der Waals surface area contributed by atoms with Crippen molar-refractivity contribution in [3.8, 4) is 11.8 Å². The molecule has 9 nitrogen and oxygen atoms in total. The van der Waals surface area contributed by atoms with Crippen molar-refractivity contribution in [2.45, 2.75) is 45.1 Å². The number of pyridine rings is 1. The molecule has 2 aliphatic carbocycles. The van der Waals surface area contributed by atoms with E-state index in [2.05, 4.69) is 4.98 Å². The zero-order valence-electron chi connectivity index (χ0n) is 22.7. The van der Waals surface area contributed by atoms with Crippen molar-refractivity contribution in [3.05, 3.63) is 46.2 Å². The number of carbonyl (C=O) groups is 3. The minimum absolute atomic E-state index is 0.0197. The fourth-order valence-electron chi connectivity index (χ4n) is 6.02. The molecule has 0 N–H and O–H groups in total. The van der Waals surface area contributed by atoms with Crippen LogP contribution in [0.15, 0.2) is 40.5 Å². The van der Waals surface area contributed by atoms with Crippen molar-refractivity contribution in [2.75, 3.05) is 33.2 Å². The minimum Gasteiger partial charge on any atom is -0.407 e. The van der Waals surface area contributed by atoms with Crippen molar-refractivity contribution >= 4 is 41.1 Å². The van der Waals surface area contributed by atoms with Gasteiger partial charge in [0.2, 0.25) is 11.8 Å². The number of rotatable bonds is 5. The molecule has 2 saturated heterocycles. The highest BCUT2D eigenvalue weighted by molar-refractivity contribution is 6.44. The maximum Gasteiger partial charge on any atom is 0.415 e. The van der Waals surface area contributed by atoms with Crippen LogP contribution in [0.25, 0.3) is 0 Å². The lowest BCUT2D eigenvalue weighted by Gasteiger charge is -2.34. The van der Waals surface area contributed by atoms with Gasteiger partial charge in [0.15, 0.2) is 11.4 Å². The highest BCUT2D eigenvalue weighted by Gasteiger charge is 2.49. The monoisotopic (exact) mass is 585 g/mol. The Bertz CT molecular complexity index is 1300. The lowest BCUT2D eigenvalue weighted by atomic mass is 9.83. The summed E-state index contributed by atoms with van der Waals surface area (Å²) in [7, 11) is 1.65. The number of hydrogen-bond donors (Lipinski definition) is 0. The zero-order chi connectivity index (χ0) is 28.6. The van der Waals surface area contributed by atoms with Gasteiger partial charge in [0.1, 0.15) is 6.07 Å². The Morgan fingerprint density at radius 3 is 2.52 bits per heavy atom. The lowest BCUT2D eigenvalue weighted by Crippen LogP contribution is -2.47. The standard InChI is InChI=1S/C29H33Cl2N5O4/c1-29(9-10-29)27(38)35-12-7-18(8-13-35)26(37)36-16-20(19-5-6-21(30)22(31)14-19)24(17-36)34(2)28(39)40-25-4-3-11-33-23(25)15-32/h3-4,6,11,14,18-20,24H,5,7-10,12-13,16-17H2,1-2H3/t19?,20-,24+/m0/s1. The quantitative estimate of drug-likeness (QED) is 0.503. The summed E-state index contributed by atoms with van der Waals surface area (Å²) in [6.45, 7) is 4.01. The number of hydrogen-bond acceptors (Lipinski definition) is 6. The largest absolute Gasteiger partial charge is 0.415 e. The third-order valence-electron chi connectivity index (χ3n) is 8.86. The van der Waals surface area contributed by atoms with E-state index in [0.29, 0.717) is 55.5 Å². The van der Waals surface area contributed by atoms with Crippen LogP contribution in [-0.2, 0) is 9.59 Å². The van der Waals surface area contributed by atoms with Gasteiger partial charge in [-0.1, -0.05) is 42.3 Å². The van der Waals surface area contributed by atoms with E-state index in [9.17, 15) is 19.6 Å². The van der Waals surface area contributed by atoms with Crippen molar-refractivity contribution in [3.63, 3.8) is 0 Å². The molecule has 11 heteroatoms. The topological polar surface area (TPSA) is 107 Å². The van der Waals surface area contributed by atoms with E-state index in [1.165, 1.54) is 17.2 Å². The summed E-state index contributed by atoms with van der Waals surface area (Å²) < 4.78 is 5.55. The van der Waals surface area contributed by atoms with Crippen LogP contribution in [0.5, 0.6) is 5.75 Å². The number of allylic oxidation sites excluding steroid dienone is 4. The van der Waals surface area contributed by atoms with Crippen LogP contribution in [0.2, 0.25) is 0 Å². The molecule has 1 saturated carbocycles. The van der Waals surface area contributed by atoms with Gasteiger partial charge in [0, 0.05) is 56.7 Å². The van der Waals surface area contributed by atoms with E-state index in [0.717, 1.165) is 12.8 Å². The molecule has 1 unspecified atom stereocenters. The third-order valence-corrected chi connectivity index (χ3v) is 9.64. The van der Waals surface area contributed by atoms with E-state index in [4.69, 9.17) is 27.9 Å². The molecule has 3 heterocycles. The molecule has 1 aromatic rings.